The Morgan fingerprint density at radius 3 is 2.82 bits per heavy atom. The van der Waals surface area contributed by atoms with Crippen LogP contribution in [0.25, 0.3) is 0 Å². The van der Waals surface area contributed by atoms with E-state index >= 15 is 0 Å². The van der Waals surface area contributed by atoms with Crippen molar-refractivity contribution < 1.29 is 14.7 Å². The molecule has 1 heterocycles. The van der Waals surface area contributed by atoms with Crippen molar-refractivity contribution in [3.05, 3.63) is 35.4 Å². The number of amides is 1. The number of nitrogens with one attached hydrogen (secondary N) is 3. The first-order valence-corrected chi connectivity index (χ1v) is 4.95. The van der Waals surface area contributed by atoms with Gasteiger partial charge < -0.3 is 5.11 Å². The summed E-state index contributed by atoms with van der Waals surface area (Å²) in [4.78, 5) is 22.5. The van der Waals surface area contributed by atoms with Gasteiger partial charge in [0.25, 0.3) is 5.91 Å². The standard InChI is InChI=1S/C10H12N4O3/c11-13-10(5-8(15)16)7-4-2-1-3-6(7)9(17)12-14-10/h1-4,13-14H,5,11H2,(H,12,17)(H,15,16). The monoisotopic (exact) mass is 236 g/mol. The lowest BCUT2D eigenvalue weighted by Crippen LogP contribution is -2.66. The molecule has 1 amide bonds. The van der Waals surface area contributed by atoms with Crippen LogP contribution in [0, 0.1) is 0 Å². The maximum absolute atomic E-state index is 11.6. The van der Waals surface area contributed by atoms with Gasteiger partial charge in [-0.05, 0) is 6.07 Å². The highest BCUT2D eigenvalue weighted by Crippen LogP contribution is 2.27. The summed E-state index contributed by atoms with van der Waals surface area (Å²) in [5.41, 5.74) is 7.12. The van der Waals surface area contributed by atoms with Crippen LogP contribution in [0.5, 0.6) is 0 Å². The third-order valence-corrected chi connectivity index (χ3v) is 2.68. The van der Waals surface area contributed by atoms with Gasteiger partial charge in [-0.25, -0.2) is 10.9 Å². The van der Waals surface area contributed by atoms with Crippen LogP contribution in [0.1, 0.15) is 22.3 Å². The van der Waals surface area contributed by atoms with Gasteiger partial charge in [0, 0.05) is 11.1 Å². The Labute approximate surface area is 96.9 Å². The molecular weight excluding hydrogens is 224 g/mol. The molecule has 1 aromatic rings. The molecule has 90 valence electrons. The zero-order valence-corrected chi connectivity index (χ0v) is 8.86. The number of carbonyl (C=O) groups is 2. The molecule has 7 nitrogen and oxygen atoms in total. The number of aliphatic carboxylic acids is 1. The molecule has 17 heavy (non-hydrogen) atoms. The summed E-state index contributed by atoms with van der Waals surface area (Å²) in [7, 11) is 0. The number of carboxylic acids is 1. The fraction of sp³-hybridized carbons (Fsp3) is 0.200. The van der Waals surface area contributed by atoms with E-state index in [1.165, 1.54) is 0 Å². The van der Waals surface area contributed by atoms with Crippen LogP contribution < -0.4 is 22.1 Å². The summed E-state index contributed by atoms with van der Waals surface area (Å²) < 4.78 is 0. The van der Waals surface area contributed by atoms with Crippen molar-refractivity contribution in [1.29, 1.82) is 0 Å². The molecule has 1 atom stereocenters. The minimum absolute atomic E-state index is 0.305. The molecule has 0 bridgehead atoms. The second-order valence-electron chi connectivity index (χ2n) is 3.74. The molecule has 0 fully saturated rings. The summed E-state index contributed by atoms with van der Waals surface area (Å²) >= 11 is 0. The lowest BCUT2D eigenvalue weighted by molar-refractivity contribution is -0.139. The fourth-order valence-electron chi connectivity index (χ4n) is 1.88. The second-order valence-corrected chi connectivity index (χ2v) is 3.74. The Kier molecular flexibility index (Phi) is 2.80. The van der Waals surface area contributed by atoms with Crippen molar-refractivity contribution >= 4 is 11.9 Å². The van der Waals surface area contributed by atoms with E-state index < -0.39 is 11.6 Å². The number of carboxylic acid groups (broad SMARTS) is 1. The predicted octanol–water partition coefficient (Wildman–Crippen LogP) is -0.975. The third kappa shape index (κ3) is 1.86. The molecule has 0 saturated heterocycles. The van der Waals surface area contributed by atoms with Gasteiger partial charge in [-0.3, -0.25) is 20.9 Å². The quantitative estimate of drug-likeness (QED) is 0.340. The van der Waals surface area contributed by atoms with E-state index in [9.17, 15) is 9.59 Å². The SMILES string of the molecule is NNC1(CC(=O)O)NNC(=O)c2ccccc21. The van der Waals surface area contributed by atoms with Crippen LogP contribution in [0.2, 0.25) is 0 Å². The van der Waals surface area contributed by atoms with Crippen molar-refractivity contribution in [3.63, 3.8) is 0 Å². The average molecular weight is 236 g/mol. The molecular formula is C10H12N4O3. The average Bonchev–Trinajstić information content (AvgIpc) is 2.33. The van der Waals surface area contributed by atoms with Gasteiger partial charge in [-0.2, -0.15) is 0 Å². The lowest BCUT2D eigenvalue weighted by atomic mass is 9.90. The van der Waals surface area contributed by atoms with E-state index in [0.29, 0.717) is 11.1 Å². The molecule has 1 aromatic carbocycles. The molecule has 6 N–H and O–H groups in total. The van der Waals surface area contributed by atoms with Crippen LogP contribution in [0.4, 0.5) is 0 Å². The fourth-order valence-corrected chi connectivity index (χ4v) is 1.88. The van der Waals surface area contributed by atoms with Gasteiger partial charge in [-0.1, -0.05) is 18.2 Å². The van der Waals surface area contributed by atoms with Crippen LogP contribution in [-0.2, 0) is 10.5 Å². The first-order valence-electron chi connectivity index (χ1n) is 4.95. The summed E-state index contributed by atoms with van der Waals surface area (Å²) in [5, 5.41) is 8.91. The maximum atomic E-state index is 11.6. The Hall–Kier alpha value is -1.96. The molecule has 0 aliphatic carbocycles. The molecule has 1 aliphatic heterocycles. The van der Waals surface area contributed by atoms with Gasteiger partial charge >= 0.3 is 5.97 Å². The first-order chi connectivity index (χ1) is 8.09. The van der Waals surface area contributed by atoms with Crippen molar-refractivity contribution in [2.45, 2.75) is 12.1 Å². The molecule has 0 radical (unpaired) electrons. The molecule has 2 rings (SSSR count). The van der Waals surface area contributed by atoms with E-state index in [-0.39, 0.29) is 12.3 Å². The highest BCUT2D eigenvalue weighted by atomic mass is 16.4. The highest BCUT2D eigenvalue weighted by molar-refractivity contribution is 5.97. The Morgan fingerprint density at radius 2 is 2.18 bits per heavy atom. The highest BCUT2D eigenvalue weighted by Gasteiger charge is 2.40. The van der Waals surface area contributed by atoms with E-state index in [2.05, 4.69) is 16.3 Å². The van der Waals surface area contributed by atoms with E-state index in [4.69, 9.17) is 10.9 Å². The van der Waals surface area contributed by atoms with Gasteiger partial charge in [0.15, 0.2) is 0 Å². The van der Waals surface area contributed by atoms with Crippen LogP contribution in [0.3, 0.4) is 0 Å². The number of hydrazine groups is 2. The smallest absolute Gasteiger partial charge is 0.307 e. The van der Waals surface area contributed by atoms with E-state index in [1.54, 1.807) is 24.3 Å². The van der Waals surface area contributed by atoms with E-state index in [1.807, 2.05) is 0 Å². The number of hydrogen-bond donors (Lipinski definition) is 5. The number of rotatable bonds is 3. The number of nitrogens with two attached hydrogens (primary N) is 1. The predicted molar refractivity (Wildman–Crippen MR) is 58.3 cm³/mol. The molecule has 7 heteroatoms. The van der Waals surface area contributed by atoms with Crippen molar-refractivity contribution in [3.8, 4) is 0 Å². The van der Waals surface area contributed by atoms with Crippen LogP contribution in [-0.4, -0.2) is 17.0 Å². The number of fused-ring (bicyclic) bond motifs is 1. The number of benzene rings is 1. The van der Waals surface area contributed by atoms with Gasteiger partial charge in [0.05, 0.1) is 6.42 Å². The zero-order valence-electron chi connectivity index (χ0n) is 8.86. The first kappa shape index (κ1) is 11.5. The molecule has 0 aromatic heterocycles. The van der Waals surface area contributed by atoms with E-state index in [0.717, 1.165) is 0 Å². The summed E-state index contributed by atoms with van der Waals surface area (Å²) in [6.07, 6.45) is -0.305. The summed E-state index contributed by atoms with van der Waals surface area (Å²) in [6.45, 7) is 0. The van der Waals surface area contributed by atoms with Gasteiger partial charge in [0.1, 0.15) is 5.66 Å². The third-order valence-electron chi connectivity index (χ3n) is 2.68. The van der Waals surface area contributed by atoms with Crippen molar-refractivity contribution in [2.75, 3.05) is 0 Å². The molecule has 1 unspecified atom stereocenters. The Bertz CT molecular complexity index is 476. The summed E-state index contributed by atoms with van der Waals surface area (Å²) in [5.74, 6) is 4.06. The number of hydrogen-bond acceptors (Lipinski definition) is 5. The second kappa shape index (κ2) is 4.13. The Morgan fingerprint density at radius 1 is 1.47 bits per heavy atom. The summed E-state index contributed by atoms with van der Waals surface area (Å²) in [6, 6.07) is 6.68. The largest absolute Gasteiger partial charge is 0.481 e. The zero-order chi connectivity index (χ0) is 12.5. The Balaban J connectivity index is 2.53. The van der Waals surface area contributed by atoms with Crippen molar-refractivity contribution in [2.24, 2.45) is 5.84 Å². The molecule has 1 aliphatic rings. The molecule has 0 saturated carbocycles. The van der Waals surface area contributed by atoms with Crippen molar-refractivity contribution in [1.82, 2.24) is 16.3 Å². The molecule has 0 spiro atoms. The lowest BCUT2D eigenvalue weighted by Gasteiger charge is -2.37. The topological polar surface area (TPSA) is 116 Å². The van der Waals surface area contributed by atoms with Gasteiger partial charge in [0.2, 0.25) is 0 Å². The minimum Gasteiger partial charge on any atom is -0.481 e. The van der Waals surface area contributed by atoms with Gasteiger partial charge in [-0.15, -0.1) is 0 Å². The minimum atomic E-state index is -1.20. The van der Waals surface area contributed by atoms with Crippen LogP contribution >= 0.6 is 0 Å². The van der Waals surface area contributed by atoms with Crippen LogP contribution in [0.15, 0.2) is 24.3 Å². The normalized spacial score (nSPS) is 22.8. The maximum Gasteiger partial charge on any atom is 0.307 e. The number of carbonyl (C=O) groups excluding carboxylic acids is 1.